The number of benzene rings is 1. The molecule has 0 saturated heterocycles. The molecule has 1 amide bonds. The van der Waals surface area contributed by atoms with E-state index in [-0.39, 0.29) is 30.5 Å². The van der Waals surface area contributed by atoms with Gasteiger partial charge < -0.3 is 15.5 Å². The van der Waals surface area contributed by atoms with Crippen LogP contribution in [-0.2, 0) is 11.2 Å². The molecule has 1 aromatic rings. The number of nitrogens with one attached hydrogen (secondary N) is 1. The average molecular weight is 305 g/mol. The Bertz CT molecular complexity index is 481. The van der Waals surface area contributed by atoms with E-state index in [4.69, 9.17) is 0 Å². The number of aliphatic hydroxyl groups excluding tert-OH is 2. The summed E-state index contributed by atoms with van der Waals surface area (Å²) in [5.74, 6) is 0.121. The SMILES string of the molecule is Cc1ccccc1C[C@@H](CO)CNC(=O)C1CCC(O)CC1. The van der Waals surface area contributed by atoms with E-state index < -0.39 is 0 Å². The van der Waals surface area contributed by atoms with Crippen molar-refractivity contribution in [3.8, 4) is 0 Å². The summed E-state index contributed by atoms with van der Waals surface area (Å²) < 4.78 is 0. The van der Waals surface area contributed by atoms with Gasteiger partial charge in [-0.1, -0.05) is 24.3 Å². The van der Waals surface area contributed by atoms with Crippen LogP contribution in [0.1, 0.15) is 36.8 Å². The fourth-order valence-corrected chi connectivity index (χ4v) is 3.08. The first kappa shape index (κ1) is 17.0. The van der Waals surface area contributed by atoms with Crippen LogP contribution >= 0.6 is 0 Å². The van der Waals surface area contributed by atoms with Crippen LogP contribution in [0.15, 0.2) is 24.3 Å². The molecule has 0 bridgehead atoms. The first-order chi connectivity index (χ1) is 10.6. The van der Waals surface area contributed by atoms with Gasteiger partial charge in [-0.15, -0.1) is 0 Å². The highest BCUT2D eigenvalue weighted by molar-refractivity contribution is 5.78. The Hall–Kier alpha value is -1.39. The van der Waals surface area contributed by atoms with Gasteiger partial charge >= 0.3 is 0 Å². The molecule has 1 saturated carbocycles. The zero-order chi connectivity index (χ0) is 15.9. The molecule has 22 heavy (non-hydrogen) atoms. The lowest BCUT2D eigenvalue weighted by molar-refractivity contribution is -0.126. The van der Waals surface area contributed by atoms with E-state index in [0.29, 0.717) is 19.4 Å². The zero-order valence-electron chi connectivity index (χ0n) is 13.3. The molecular formula is C18H27NO3. The van der Waals surface area contributed by atoms with E-state index in [1.165, 1.54) is 11.1 Å². The van der Waals surface area contributed by atoms with Crippen molar-refractivity contribution in [2.24, 2.45) is 11.8 Å². The lowest BCUT2D eigenvalue weighted by Gasteiger charge is -2.25. The molecule has 4 heteroatoms. The predicted molar refractivity (Wildman–Crippen MR) is 86.4 cm³/mol. The van der Waals surface area contributed by atoms with E-state index in [2.05, 4.69) is 24.4 Å². The second-order valence-electron chi connectivity index (χ2n) is 6.43. The molecule has 3 N–H and O–H groups in total. The Balaban J connectivity index is 1.81. The molecule has 0 aliphatic heterocycles. The molecule has 0 unspecified atom stereocenters. The Morgan fingerprint density at radius 3 is 2.59 bits per heavy atom. The van der Waals surface area contributed by atoms with Crippen LogP contribution in [0, 0.1) is 18.8 Å². The summed E-state index contributed by atoms with van der Waals surface area (Å²) >= 11 is 0. The van der Waals surface area contributed by atoms with Crippen LogP contribution < -0.4 is 5.32 Å². The summed E-state index contributed by atoms with van der Waals surface area (Å²) in [6.07, 6.45) is 3.47. The quantitative estimate of drug-likeness (QED) is 0.751. The van der Waals surface area contributed by atoms with Gasteiger partial charge in [0, 0.05) is 25.0 Å². The van der Waals surface area contributed by atoms with Gasteiger partial charge in [-0.25, -0.2) is 0 Å². The molecule has 1 aliphatic rings. The number of rotatable bonds is 6. The van der Waals surface area contributed by atoms with E-state index in [1.807, 2.05) is 12.1 Å². The third kappa shape index (κ3) is 4.82. The Labute approximate surface area is 132 Å². The molecule has 122 valence electrons. The average Bonchev–Trinajstić information content (AvgIpc) is 2.53. The maximum atomic E-state index is 12.2. The summed E-state index contributed by atoms with van der Waals surface area (Å²) in [6, 6.07) is 8.15. The highest BCUT2D eigenvalue weighted by Gasteiger charge is 2.25. The molecule has 2 rings (SSSR count). The summed E-state index contributed by atoms with van der Waals surface area (Å²) in [5, 5.41) is 22.0. The van der Waals surface area contributed by atoms with Gasteiger partial charge in [0.15, 0.2) is 0 Å². The van der Waals surface area contributed by atoms with Gasteiger partial charge in [0.25, 0.3) is 0 Å². The number of aryl methyl sites for hydroxylation is 1. The second-order valence-corrected chi connectivity index (χ2v) is 6.43. The number of hydrogen-bond donors (Lipinski definition) is 3. The van der Waals surface area contributed by atoms with Gasteiger partial charge in [-0.3, -0.25) is 4.79 Å². The number of hydrogen-bond acceptors (Lipinski definition) is 3. The van der Waals surface area contributed by atoms with Crippen LogP contribution in [-0.4, -0.2) is 35.4 Å². The van der Waals surface area contributed by atoms with E-state index in [9.17, 15) is 15.0 Å². The zero-order valence-corrected chi connectivity index (χ0v) is 13.3. The highest BCUT2D eigenvalue weighted by Crippen LogP contribution is 2.24. The summed E-state index contributed by atoms with van der Waals surface area (Å²) in [7, 11) is 0. The van der Waals surface area contributed by atoms with Gasteiger partial charge in [0.2, 0.25) is 5.91 Å². The van der Waals surface area contributed by atoms with Gasteiger partial charge in [0.1, 0.15) is 0 Å². The minimum absolute atomic E-state index is 0.0150. The number of amides is 1. The smallest absolute Gasteiger partial charge is 0.223 e. The van der Waals surface area contributed by atoms with Crippen LogP contribution in [0.5, 0.6) is 0 Å². The number of aliphatic hydroxyl groups is 2. The third-order valence-corrected chi connectivity index (χ3v) is 4.66. The first-order valence-electron chi connectivity index (χ1n) is 8.21. The van der Waals surface area contributed by atoms with Crippen LogP contribution in [0.3, 0.4) is 0 Å². The minimum atomic E-state index is -0.240. The topological polar surface area (TPSA) is 69.6 Å². The predicted octanol–water partition coefficient (Wildman–Crippen LogP) is 1.81. The molecule has 1 atom stereocenters. The van der Waals surface area contributed by atoms with Crippen LogP contribution in [0.4, 0.5) is 0 Å². The Kier molecular flexibility index (Phi) is 6.40. The molecule has 1 fully saturated rings. The normalized spacial score (nSPS) is 23.0. The van der Waals surface area contributed by atoms with E-state index >= 15 is 0 Å². The van der Waals surface area contributed by atoms with Crippen molar-refractivity contribution in [2.45, 2.75) is 45.1 Å². The molecule has 1 aromatic carbocycles. The molecule has 1 aliphatic carbocycles. The molecule has 4 nitrogen and oxygen atoms in total. The van der Waals surface area contributed by atoms with Crippen LogP contribution in [0.2, 0.25) is 0 Å². The standard InChI is InChI=1S/C18H27NO3/c1-13-4-2-3-5-16(13)10-14(12-20)11-19-18(22)15-6-8-17(21)9-7-15/h2-5,14-15,17,20-21H,6-12H2,1H3,(H,19,22)/t14-,15?,17?/m1/s1. The second kappa shape index (κ2) is 8.30. The fraction of sp³-hybridized carbons (Fsp3) is 0.611. The highest BCUT2D eigenvalue weighted by atomic mass is 16.3. The van der Waals surface area contributed by atoms with Crippen molar-refractivity contribution in [3.05, 3.63) is 35.4 Å². The largest absolute Gasteiger partial charge is 0.396 e. The maximum absolute atomic E-state index is 12.2. The summed E-state index contributed by atoms with van der Waals surface area (Å²) in [5.41, 5.74) is 2.44. The molecule has 0 aromatic heterocycles. The minimum Gasteiger partial charge on any atom is -0.396 e. The van der Waals surface area contributed by atoms with Gasteiger partial charge in [-0.2, -0.15) is 0 Å². The monoisotopic (exact) mass is 305 g/mol. The molecule has 0 heterocycles. The lowest BCUT2D eigenvalue weighted by Crippen LogP contribution is -2.38. The third-order valence-electron chi connectivity index (χ3n) is 4.66. The lowest BCUT2D eigenvalue weighted by atomic mass is 9.87. The molecule has 0 spiro atoms. The summed E-state index contributed by atoms with van der Waals surface area (Å²) in [6.45, 7) is 2.64. The van der Waals surface area contributed by atoms with E-state index in [0.717, 1.165) is 19.3 Å². The van der Waals surface area contributed by atoms with Crippen molar-refractivity contribution in [1.29, 1.82) is 0 Å². The van der Waals surface area contributed by atoms with Gasteiger partial charge in [-0.05, 0) is 50.2 Å². The van der Waals surface area contributed by atoms with Crippen molar-refractivity contribution >= 4 is 5.91 Å². The Morgan fingerprint density at radius 1 is 1.27 bits per heavy atom. The molecular weight excluding hydrogens is 278 g/mol. The van der Waals surface area contributed by atoms with E-state index in [1.54, 1.807) is 0 Å². The van der Waals surface area contributed by atoms with Gasteiger partial charge in [0.05, 0.1) is 6.10 Å². The summed E-state index contributed by atoms with van der Waals surface area (Å²) in [4.78, 5) is 12.2. The number of carbonyl (C=O) groups excluding carboxylic acids is 1. The number of carbonyl (C=O) groups is 1. The first-order valence-corrected chi connectivity index (χ1v) is 8.21. The Morgan fingerprint density at radius 2 is 1.95 bits per heavy atom. The van der Waals surface area contributed by atoms with Crippen molar-refractivity contribution in [2.75, 3.05) is 13.2 Å². The maximum Gasteiger partial charge on any atom is 0.223 e. The fourth-order valence-electron chi connectivity index (χ4n) is 3.08. The molecule has 0 radical (unpaired) electrons. The van der Waals surface area contributed by atoms with Crippen molar-refractivity contribution in [3.63, 3.8) is 0 Å². The van der Waals surface area contributed by atoms with Crippen molar-refractivity contribution < 1.29 is 15.0 Å². The van der Waals surface area contributed by atoms with Crippen LogP contribution in [0.25, 0.3) is 0 Å². The van der Waals surface area contributed by atoms with Crippen molar-refractivity contribution in [1.82, 2.24) is 5.32 Å².